The number of nitrogens with two attached hydrogens (primary N) is 1. The summed E-state index contributed by atoms with van der Waals surface area (Å²) in [6, 6.07) is 5.47. The highest BCUT2D eigenvalue weighted by atomic mass is 79.9. The smallest absolute Gasteiger partial charge is 0.138 e. The maximum absolute atomic E-state index is 7.47. The second-order valence-electron chi connectivity index (χ2n) is 2.92. The Bertz CT molecular complexity index is 491. The van der Waals surface area contributed by atoms with Gasteiger partial charge in [0.05, 0.1) is 5.69 Å². The lowest BCUT2D eigenvalue weighted by Gasteiger charge is -2.07. The summed E-state index contributed by atoms with van der Waals surface area (Å²) < 4.78 is 2.44. The third kappa shape index (κ3) is 1.89. The number of halogens is 1. The normalized spacial score (nSPS) is 10.2. The molecule has 0 aliphatic rings. The Kier molecular flexibility index (Phi) is 2.51. The largest absolute Gasteiger partial charge is 0.384 e. The fourth-order valence-electron chi connectivity index (χ4n) is 1.26. The molecule has 0 fully saturated rings. The summed E-state index contributed by atoms with van der Waals surface area (Å²) >= 11 is 3.33. The molecule has 1 heterocycles. The van der Waals surface area contributed by atoms with Crippen LogP contribution in [0.3, 0.4) is 0 Å². The van der Waals surface area contributed by atoms with Gasteiger partial charge in [-0.1, -0.05) is 15.9 Å². The Morgan fingerprint density at radius 3 is 2.87 bits per heavy atom. The molecule has 3 N–H and O–H groups in total. The lowest BCUT2D eigenvalue weighted by atomic mass is 10.1. The summed E-state index contributed by atoms with van der Waals surface area (Å²) in [7, 11) is 0. The Labute approximate surface area is 94.6 Å². The van der Waals surface area contributed by atoms with Gasteiger partial charge in [0.1, 0.15) is 18.5 Å². The molecule has 0 unspecified atom stereocenters. The Morgan fingerprint density at radius 2 is 2.27 bits per heavy atom. The molecule has 1 aromatic carbocycles. The SMILES string of the molecule is N=C(N)c1cc(Br)ccc1-n1cncn1. The van der Waals surface area contributed by atoms with Crippen LogP contribution in [0.1, 0.15) is 5.56 Å². The summed E-state index contributed by atoms with van der Waals surface area (Å²) in [5, 5.41) is 11.5. The molecule has 1 aromatic heterocycles. The molecule has 2 rings (SSSR count). The van der Waals surface area contributed by atoms with Crippen molar-refractivity contribution in [2.45, 2.75) is 0 Å². The number of hydrogen-bond acceptors (Lipinski definition) is 3. The number of benzene rings is 1. The fraction of sp³-hybridized carbons (Fsp3) is 0. The van der Waals surface area contributed by atoms with Gasteiger partial charge in [-0.3, -0.25) is 5.41 Å². The van der Waals surface area contributed by atoms with E-state index in [0.717, 1.165) is 10.2 Å². The van der Waals surface area contributed by atoms with Crippen molar-refractivity contribution in [1.29, 1.82) is 5.41 Å². The summed E-state index contributed by atoms with van der Waals surface area (Å²) in [4.78, 5) is 3.85. The number of hydrogen-bond donors (Lipinski definition) is 2. The highest BCUT2D eigenvalue weighted by Gasteiger charge is 2.08. The number of nitrogens with one attached hydrogen (secondary N) is 1. The zero-order valence-electron chi connectivity index (χ0n) is 7.68. The summed E-state index contributed by atoms with van der Waals surface area (Å²) in [6.07, 6.45) is 3.00. The molecule has 5 nitrogen and oxygen atoms in total. The summed E-state index contributed by atoms with van der Waals surface area (Å²) in [5.74, 6) is 0.00167. The van der Waals surface area contributed by atoms with Gasteiger partial charge in [0.15, 0.2) is 0 Å². The highest BCUT2D eigenvalue weighted by Crippen LogP contribution is 2.18. The second-order valence-corrected chi connectivity index (χ2v) is 3.83. The van der Waals surface area contributed by atoms with Crippen LogP contribution in [0, 0.1) is 5.41 Å². The molecule has 0 bridgehead atoms. The number of nitrogens with zero attached hydrogens (tertiary/aromatic N) is 3. The van der Waals surface area contributed by atoms with Crippen molar-refractivity contribution in [2.75, 3.05) is 0 Å². The highest BCUT2D eigenvalue weighted by molar-refractivity contribution is 9.10. The molecule has 0 radical (unpaired) electrons. The first-order valence-corrected chi connectivity index (χ1v) is 4.97. The van der Waals surface area contributed by atoms with E-state index in [2.05, 4.69) is 26.0 Å². The minimum atomic E-state index is 0.00167. The number of amidine groups is 1. The number of aromatic nitrogens is 3. The molecular weight excluding hydrogens is 258 g/mol. The third-order valence-electron chi connectivity index (χ3n) is 1.91. The first kappa shape index (κ1) is 9.85. The Balaban J connectivity index is 2.61. The van der Waals surface area contributed by atoms with E-state index >= 15 is 0 Å². The molecule has 2 aromatic rings. The van der Waals surface area contributed by atoms with Crippen molar-refractivity contribution >= 4 is 21.8 Å². The monoisotopic (exact) mass is 265 g/mol. The first-order chi connectivity index (χ1) is 7.18. The van der Waals surface area contributed by atoms with Crippen LogP contribution in [-0.4, -0.2) is 20.6 Å². The third-order valence-corrected chi connectivity index (χ3v) is 2.41. The molecule has 0 spiro atoms. The van der Waals surface area contributed by atoms with E-state index in [9.17, 15) is 0 Å². The van der Waals surface area contributed by atoms with Crippen LogP contribution in [0.25, 0.3) is 5.69 Å². The van der Waals surface area contributed by atoms with Gasteiger partial charge in [-0.2, -0.15) is 5.10 Å². The maximum atomic E-state index is 7.47. The van der Waals surface area contributed by atoms with Crippen molar-refractivity contribution in [1.82, 2.24) is 14.8 Å². The van der Waals surface area contributed by atoms with E-state index in [-0.39, 0.29) is 5.84 Å². The van der Waals surface area contributed by atoms with E-state index in [0.29, 0.717) is 5.56 Å². The van der Waals surface area contributed by atoms with Crippen molar-refractivity contribution in [3.8, 4) is 5.69 Å². The molecular formula is C9H8BrN5. The van der Waals surface area contributed by atoms with E-state index in [1.165, 1.54) is 6.33 Å². The topological polar surface area (TPSA) is 80.6 Å². The predicted octanol–water partition coefficient (Wildman–Crippen LogP) is 1.31. The van der Waals surface area contributed by atoms with Crippen molar-refractivity contribution in [3.05, 3.63) is 40.9 Å². The van der Waals surface area contributed by atoms with Crippen LogP contribution >= 0.6 is 15.9 Å². The quantitative estimate of drug-likeness (QED) is 0.635. The minimum Gasteiger partial charge on any atom is -0.384 e. The van der Waals surface area contributed by atoms with E-state index in [1.807, 2.05) is 12.1 Å². The van der Waals surface area contributed by atoms with Crippen molar-refractivity contribution < 1.29 is 0 Å². The fourth-order valence-corrected chi connectivity index (χ4v) is 1.62. The van der Waals surface area contributed by atoms with Gasteiger partial charge in [-0.05, 0) is 18.2 Å². The first-order valence-electron chi connectivity index (χ1n) is 4.17. The Hall–Kier alpha value is -1.69. The number of nitrogen functional groups attached to an aromatic ring is 1. The second kappa shape index (κ2) is 3.82. The molecule has 0 saturated carbocycles. The van der Waals surface area contributed by atoms with Gasteiger partial charge in [0, 0.05) is 10.0 Å². The lowest BCUT2D eigenvalue weighted by Crippen LogP contribution is -2.15. The van der Waals surface area contributed by atoms with Gasteiger partial charge in [0.2, 0.25) is 0 Å². The molecule has 0 amide bonds. The zero-order valence-corrected chi connectivity index (χ0v) is 9.27. The average Bonchev–Trinajstić information content (AvgIpc) is 2.70. The van der Waals surface area contributed by atoms with E-state index in [1.54, 1.807) is 17.1 Å². The van der Waals surface area contributed by atoms with Crippen LogP contribution in [0.4, 0.5) is 0 Å². The van der Waals surface area contributed by atoms with Crippen molar-refractivity contribution in [3.63, 3.8) is 0 Å². The molecule has 0 aliphatic carbocycles. The minimum absolute atomic E-state index is 0.00167. The van der Waals surface area contributed by atoms with Crippen LogP contribution in [0.15, 0.2) is 35.3 Å². The number of rotatable bonds is 2. The molecule has 0 atom stereocenters. The van der Waals surface area contributed by atoms with Gasteiger partial charge < -0.3 is 5.73 Å². The van der Waals surface area contributed by atoms with Crippen LogP contribution in [-0.2, 0) is 0 Å². The zero-order chi connectivity index (χ0) is 10.8. The van der Waals surface area contributed by atoms with Crippen LogP contribution in [0.2, 0.25) is 0 Å². The van der Waals surface area contributed by atoms with Gasteiger partial charge in [-0.25, -0.2) is 9.67 Å². The molecule has 0 aliphatic heterocycles. The molecule has 76 valence electrons. The molecule has 0 saturated heterocycles. The lowest BCUT2D eigenvalue weighted by molar-refractivity contribution is 0.876. The molecule has 6 heteroatoms. The van der Waals surface area contributed by atoms with Gasteiger partial charge >= 0.3 is 0 Å². The molecule has 15 heavy (non-hydrogen) atoms. The standard InChI is InChI=1S/C9H8BrN5/c10-6-1-2-8(7(3-6)9(11)12)15-5-13-4-14-15/h1-5H,(H3,11,12). The van der Waals surface area contributed by atoms with Gasteiger partial charge in [0.25, 0.3) is 0 Å². The van der Waals surface area contributed by atoms with E-state index in [4.69, 9.17) is 11.1 Å². The summed E-state index contributed by atoms with van der Waals surface area (Å²) in [6.45, 7) is 0. The van der Waals surface area contributed by atoms with Crippen LogP contribution < -0.4 is 5.73 Å². The van der Waals surface area contributed by atoms with E-state index < -0.39 is 0 Å². The maximum Gasteiger partial charge on any atom is 0.138 e. The van der Waals surface area contributed by atoms with Crippen molar-refractivity contribution in [2.24, 2.45) is 5.73 Å². The van der Waals surface area contributed by atoms with Crippen LogP contribution in [0.5, 0.6) is 0 Å². The summed E-state index contributed by atoms with van der Waals surface area (Å²) in [5.41, 5.74) is 6.85. The van der Waals surface area contributed by atoms with Gasteiger partial charge in [-0.15, -0.1) is 0 Å². The Morgan fingerprint density at radius 1 is 1.47 bits per heavy atom. The average molecular weight is 266 g/mol. The predicted molar refractivity (Wildman–Crippen MR) is 60.1 cm³/mol.